The molecule has 0 fully saturated rings. The number of carbonyl (C=O) groups excluding carboxylic acids is 1. The predicted octanol–water partition coefficient (Wildman–Crippen LogP) is 15.2. The lowest BCUT2D eigenvalue weighted by Gasteiger charge is -2.20. The fourth-order valence-corrected chi connectivity index (χ4v) is 8.50. The molecular weight excluding hydrogens is 788 g/mol. The Morgan fingerprint density at radius 2 is 0.836 bits per heavy atom. The SMILES string of the molecule is CCCCCCCCCC/C=C\CCCCCCCCCCCC(=O)OC(COCCCCCCCCCCCCCCCCCCCCC)COP(=O)(O)OCC(O)CO. The number of aliphatic hydroxyl groups is 2. The Balaban J connectivity index is 4.03. The number of phosphoric acid groups is 1. The van der Waals surface area contributed by atoms with Crippen molar-refractivity contribution < 1.29 is 43.0 Å². The first-order valence-corrected chi connectivity index (χ1v) is 27.7. The molecule has 0 aliphatic rings. The minimum Gasteiger partial charge on any atom is -0.457 e. The Bertz CT molecular complexity index is 964. The van der Waals surface area contributed by atoms with Crippen molar-refractivity contribution in [2.45, 2.75) is 276 Å². The molecule has 0 radical (unpaired) electrons. The van der Waals surface area contributed by atoms with Crippen molar-refractivity contribution in [3.8, 4) is 0 Å². The normalized spacial score (nSPS) is 13.9. The maximum atomic E-state index is 12.7. The molecule has 0 saturated carbocycles. The van der Waals surface area contributed by atoms with Crippen molar-refractivity contribution in [3.63, 3.8) is 0 Å². The first-order chi connectivity index (χ1) is 29.8. The molecule has 3 N–H and O–H groups in total. The van der Waals surface area contributed by atoms with Crippen molar-refractivity contribution >= 4 is 13.8 Å². The molecule has 0 aromatic rings. The number of esters is 1. The van der Waals surface area contributed by atoms with Gasteiger partial charge in [0.15, 0.2) is 0 Å². The molecule has 0 rings (SSSR count). The average Bonchev–Trinajstić information content (AvgIpc) is 3.25. The zero-order valence-corrected chi connectivity index (χ0v) is 41.1. The standard InChI is InChI=1S/C51H101O9P/c1-3-5-7-9-11-13-15-17-19-21-23-24-25-27-29-31-33-35-37-39-41-43-51(54)60-50(48-59-61(55,56)58-46-49(53)45-52)47-57-44-42-40-38-36-34-32-30-28-26-22-20-18-16-14-12-10-8-6-4-2/h21,23,49-50,52-53H,3-20,22,24-48H2,1-2H3,(H,55,56)/b23-21-. The van der Waals surface area contributed by atoms with Crippen molar-refractivity contribution in [2.24, 2.45) is 0 Å². The third-order valence-electron chi connectivity index (χ3n) is 11.7. The van der Waals surface area contributed by atoms with Gasteiger partial charge in [-0.2, -0.15) is 0 Å². The van der Waals surface area contributed by atoms with Crippen LogP contribution in [0.15, 0.2) is 12.2 Å². The molecule has 0 heterocycles. The smallest absolute Gasteiger partial charge is 0.457 e. The molecule has 0 aliphatic carbocycles. The molecular formula is C51H101O9P. The first kappa shape index (κ1) is 60.2. The van der Waals surface area contributed by atoms with E-state index in [-0.39, 0.29) is 25.6 Å². The Kier molecular flexibility index (Phi) is 48.0. The van der Waals surface area contributed by atoms with Gasteiger partial charge in [-0.25, -0.2) is 4.57 Å². The average molecular weight is 889 g/mol. The van der Waals surface area contributed by atoms with Gasteiger partial charge >= 0.3 is 13.8 Å². The summed E-state index contributed by atoms with van der Waals surface area (Å²) in [6.07, 6.45) is 51.8. The lowest BCUT2D eigenvalue weighted by molar-refractivity contribution is -0.154. The molecule has 0 aliphatic heterocycles. The maximum Gasteiger partial charge on any atom is 0.472 e. The largest absolute Gasteiger partial charge is 0.472 e. The molecule has 0 bridgehead atoms. The monoisotopic (exact) mass is 889 g/mol. The van der Waals surface area contributed by atoms with E-state index in [1.165, 1.54) is 212 Å². The lowest BCUT2D eigenvalue weighted by Crippen LogP contribution is -2.29. The Labute approximate surface area is 377 Å². The van der Waals surface area contributed by atoms with Crippen LogP contribution in [-0.4, -0.2) is 66.3 Å². The van der Waals surface area contributed by atoms with Gasteiger partial charge in [-0.1, -0.05) is 231 Å². The van der Waals surface area contributed by atoms with E-state index in [1.807, 2.05) is 0 Å². The second-order valence-corrected chi connectivity index (χ2v) is 19.4. The second-order valence-electron chi connectivity index (χ2n) is 17.9. The van der Waals surface area contributed by atoms with Crippen LogP contribution < -0.4 is 0 Å². The van der Waals surface area contributed by atoms with Crippen LogP contribution in [0.25, 0.3) is 0 Å². The second kappa shape index (κ2) is 48.7. The Morgan fingerprint density at radius 1 is 0.492 bits per heavy atom. The van der Waals surface area contributed by atoms with E-state index in [0.717, 1.165) is 32.1 Å². The van der Waals surface area contributed by atoms with Crippen LogP contribution >= 0.6 is 7.82 Å². The molecule has 3 atom stereocenters. The summed E-state index contributed by atoms with van der Waals surface area (Å²) in [5.74, 6) is -0.378. The third-order valence-corrected chi connectivity index (χ3v) is 12.7. The van der Waals surface area contributed by atoms with Crippen LogP contribution in [0.4, 0.5) is 0 Å². The van der Waals surface area contributed by atoms with Crippen LogP contribution in [0, 0.1) is 0 Å². The van der Waals surface area contributed by atoms with Crippen molar-refractivity contribution in [2.75, 3.05) is 33.0 Å². The summed E-state index contributed by atoms with van der Waals surface area (Å²) in [4.78, 5) is 22.7. The molecule has 10 heteroatoms. The van der Waals surface area contributed by atoms with Gasteiger partial charge in [0.25, 0.3) is 0 Å². The highest BCUT2D eigenvalue weighted by molar-refractivity contribution is 7.47. The number of hydrogen-bond acceptors (Lipinski definition) is 8. The summed E-state index contributed by atoms with van der Waals surface area (Å²) in [5.41, 5.74) is 0. The number of carbonyl (C=O) groups is 1. The van der Waals surface area contributed by atoms with E-state index < -0.39 is 33.2 Å². The van der Waals surface area contributed by atoms with Crippen molar-refractivity contribution in [3.05, 3.63) is 12.2 Å². The number of hydrogen-bond donors (Lipinski definition) is 3. The number of rotatable bonds is 51. The minimum atomic E-state index is -4.52. The van der Waals surface area contributed by atoms with Gasteiger partial charge in [0.2, 0.25) is 0 Å². The van der Waals surface area contributed by atoms with Gasteiger partial charge in [-0.3, -0.25) is 13.8 Å². The fraction of sp³-hybridized carbons (Fsp3) is 0.941. The predicted molar refractivity (Wildman–Crippen MR) is 256 cm³/mol. The quantitative estimate of drug-likeness (QED) is 0.0236. The van der Waals surface area contributed by atoms with E-state index in [1.54, 1.807) is 0 Å². The van der Waals surface area contributed by atoms with Gasteiger partial charge < -0.3 is 24.6 Å². The number of ether oxygens (including phenoxy) is 2. The van der Waals surface area contributed by atoms with Crippen LogP contribution in [0.1, 0.15) is 264 Å². The van der Waals surface area contributed by atoms with E-state index >= 15 is 0 Å². The van der Waals surface area contributed by atoms with Crippen LogP contribution in [0.5, 0.6) is 0 Å². The maximum absolute atomic E-state index is 12.7. The van der Waals surface area contributed by atoms with E-state index in [4.69, 9.17) is 23.6 Å². The molecule has 61 heavy (non-hydrogen) atoms. The summed E-state index contributed by atoms with van der Waals surface area (Å²) < 4.78 is 33.6. The highest BCUT2D eigenvalue weighted by atomic mass is 31.2. The number of aliphatic hydroxyl groups excluding tert-OH is 2. The molecule has 3 unspecified atom stereocenters. The summed E-state index contributed by atoms with van der Waals surface area (Å²) in [6, 6.07) is 0. The molecule has 0 saturated heterocycles. The molecule has 9 nitrogen and oxygen atoms in total. The van der Waals surface area contributed by atoms with Crippen molar-refractivity contribution in [1.29, 1.82) is 0 Å². The Morgan fingerprint density at radius 3 is 1.23 bits per heavy atom. The van der Waals surface area contributed by atoms with Gasteiger partial charge in [0, 0.05) is 13.0 Å². The zero-order chi connectivity index (χ0) is 44.6. The minimum absolute atomic E-state index is 0.0552. The first-order valence-electron chi connectivity index (χ1n) is 26.2. The topological polar surface area (TPSA) is 132 Å². The van der Waals surface area contributed by atoms with Crippen LogP contribution in [0.3, 0.4) is 0 Å². The van der Waals surface area contributed by atoms with E-state index in [9.17, 15) is 19.4 Å². The number of allylic oxidation sites excluding steroid dienone is 2. The lowest BCUT2D eigenvalue weighted by atomic mass is 10.0. The van der Waals surface area contributed by atoms with Crippen LogP contribution in [0.2, 0.25) is 0 Å². The van der Waals surface area contributed by atoms with Crippen molar-refractivity contribution in [1.82, 2.24) is 0 Å². The zero-order valence-electron chi connectivity index (χ0n) is 40.2. The summed E-state index contributed by atoms with van der Waals surface area (Å²) in [6.45, 7) is 3.59. The summed E-state index contributed by atoms with van der Waals surface area (Å²) >= 11 is 0. The highest BCUT2D eigenvalue weighted by Gasteiger charge is 2.26. The Hall–Kier alpha value is -0.800. The van der Waals surface area contributed by atoms with E-state index in [0.29, 0.717) is 6.61 Å². The van der Waals surface area contributed by atoms with Gasteiger partial charge in [0.05, 0.1) is 26.4 Å². The third kappa shape index (κ3) is 48.5. The molecule has 364 valence electrons. The molecule has 0 spiro atoms. The molecule has 0 aromatic carbocycles. The summed E-state index contributed by atoms with van der Waals surface area (Å²) in [5, 5.41) is 18.4. The van der Waals surface area contributed by atoms with Gasteiger partial charge in [-0.15, -0.1) is 0 Å². The summed E-state index contributed by atoms with van der Waals surface area (Å²) in [7, 11) is -4.52. The highest BCUT2D eigenvalue weighted by Crippen LogP contribution is 2.43. The van der Waals surface area contributed by atoms with E-state index in [2.05, 4.69) is 26.0 Å². The fourth-order valence-electron chi connectivity index (χ4n) is 7.71. The number of phosphoric ester groups is 1. The molecule has 0 amide bonds. The van der Waals surface area contributed by atoms with Gasteiger partial charge in [0.1, 0.15) is 12.2 Å². The van der Waals surface area contributed by atoms with Crippen LogP contribution in [-0.2, 0) is 27.9 Å². The molecule has 0 aromatic heterocycles. The van der Waals surface area contributed by atoms with Gasteiger partial charge in [-0.05, 0) is 38.5 Å². The number of unbranched alkanes of at least 4 members (excludes halogenated alkanes) is 35.